The fourth-order valence-corrected chi connectivity index (χ4v) is 8.35. The molecule has 0 bridgehead atoms. The van der Waals surface area contributed by atoms with Crippen LogP contribution in [0.1, 0.15) is 38.7 Å². The van der Waals surface area contributed by atoms with Gasteiger partial charge in [-0.25, -0.2) is 13.8 Å². The Hall–Kier alpha value is -4.11. The highest BCUT2D eigenvalue weighted by Crippen LogP contribution is 2.45. The predicted molar refractivity (Wildman–Crippen MR) is 174 cm³/mol. The van der Waals surface area contributed by atoms with E-state index in [4.69, 9.17) is 15.5 Å². The second-order valence-corrected chi connectivity index (χ2v) is 14.0. The number of alkyl halides is 4. The van der Waals surface area contributed by atoms with Crippen LogP contribution < -0.4 is 15.4 Å². The number of fused-ring (bicyclic) bond motifs is 3. The summed E-state index contributed by atoms with van der Waals surface area (Å²) in [6.45, 7) is 9.06. The van der Waals surface area contributed by atoms with Crippen LogP contribution in [0.4, 0.5) is 32.9 Å². The number of aromatic nitrogens is 3. The number of carbonyl (C=O) groups excluding carboxylic acids is 1. The van der Waals surface area contributed by atoms with Gasteiger partial charge in [-0.05, 0) is 69.1 Å². The molecule has 48 heavy (non-hydrogen) atoms. The number of rotatable bonds is 6. The Labute approximate surface area is 277 Å². The quantitative estimate of drug-likeness (QED) is 0.189. The first-order chi connectivity index (χ1) is 22.8. The number of ether oxygens (including phenoxy) is 1. The first kappa shape index (κ1) is 32.4. The van der Waals surface area contributed by atoms with Crippen molar-refractivity contribution in [2.75, 3.05) is 43.4 Å². The predicted octanol–water partition coefficient (Wildman–Crippen LogP) is 6.21. The molecule has 4 aromatic rings. The Bertz CT molecular complexity index is 1940. The highest BCUT2D eigenvalue weighted by Gasteiger charge is 2.49. The van der Waals surface area contributed by atoms with Gasteiger partial charge in [-0.15, -0.1) is 0 Å². The third-order valence-electron chi connectivity index (χ3n) is 9.85. The smallest absolute Gasteiger partial charge is 0.417 e. The Balaban J connectivity index is 1.39. The monoisotopic (exact) mass is 687 g/mol. The van der Waals surface area contributed by atoms with Gasteiger partial charge in [0.25, 0.3) is 0 Å². The van der Waals surface area contributed by atoms with Gasteiger partial charge in [0, 0.05) is 49.1 Å². The summed E-state index contributed by atoms with van der Waals surface area (Å²) in [7, 11) is 0. The average Bonchev–Trinajstić information content (AvgIpc) is 3.71. The minimum Gasteiger partial charge on any atom is -0.461 e. The van der Waals surface area contributed by atoms with Crippen molar-refractivity contribution in [3.05, 3.63) is 48.3 Å². The molecule has 15 heteroatoms. The molecule has 0 radical (unpaired) electrons. The summed E-state index contributed by atoms with van der Waals surface area (Å²) < 4.78 is 80.1. The topological polar surface area (TPSA) is 101 Å². The molecule has 7 rings (SSSR count). The number of amides is 1. The first-order valence-electron chi connectivity index (χ1n) is 15.8. The number of nitrogens with zero attached hydrogens (tertiary/aromatic N) is 6. The van der Waals surface area contributed by atoms with E-state index in [0.29, 0.717) is 13.0 Å². The molecule has 2 N–H and O–H groups in total. The molecule has 254 valence electrons. The summed E-state index contributed by atoms with van der Waals surface area (Å²) in [4.78, 5) is 31.6. The fourth-order valence-electron chi connectivity index (χ4n) is 7.58. The highest BCUT2D eigenvalue weighted by atomic mass is 32.1. The summed E-state index contributed by atoms with van der Waals surface area (Å²) in [5.74, 6) is -0.668. The molecule has 0 unspecified atom stereocenters. The van der Waals surface area contributed by atoms with Crippen LogP contribution in [0.15, 0.2) is 36.9 Å². The lowest BCUT2D eigenvalue weighted by Crippen LogP contribution is -2.58. The van der Waals surface area contributed by atoms with Crippen molar-refractivity contribution in [3.63, 3.8) is 0 Å². The van der Waals surface area contributed by atoms with Gasteiger partial charge in [-0.1, -0.05) is 17.9 Å². The lowest BCUT2D eigenvalue weighted by molar-refractivity contribution is -0.137. The lowest BCUT2D eigenvalue weighted by atomic mass is 9.95. The van der Waals surface area contributed by atoms with E-state index in [1.54, 1.807) is 4.90 Å². The zero-order valence-corrected chi connectivity index (χ0v) is 27.2. The number of hydrogen-bond acceptors (Lipinski definition) is 9. The highest BCUT2D eigenvalue weighted by molar-refractivity contribution is 7.22. The van der Waals surface area contributed by atoms with Gasteiger partial charge in [-0.3, -0.25) is 9.69 Å². The van der Waals surface area contributed by atoms with Gasteiger partial charge in [0.1, 0.15) is 24.4 Å². The average molecular weight is 688 g/mol. The zero-order chi connectivity index (χ0) is 34.1. The standard InChI is InChI=1S/C33H34F5N7O2S/c1-4-26(46)44-13-18(3)45(14-17(44)2)29-22-10-23(33(36,37)38)21(20-6-7-24(35)28-27(20)41-30(39)48-28)11-25(22)40-31(42-29)47-16-32-8-5-9-43(32)15-19(34)12-32/h4,6-7,10-11,17-19H,1,5,8-9,12-16H2,2-3H3,(H2,39,41)/t17-,18+,19-,32+/m1/s1. The molecule has 9 nitrogen and oxygen atoms in total. The van der Waals surface area contributed by atoms with Gasteiger partial charge in [-0.2, -0.15) is 23.1 Å². The van der Waals surface area contributed by atoms with Gasteiger partial charge < -0.3 is 20.3 Å². The number of halogens is 5. The number of piperazine rings is 1. The molecule has 3 saturated heterocycles. The third-order valence-corrected chi connectivity index (χ3v) is 10.7. The van der Waals surface area contributed by atoms with E-state index in [-0.39, 0.29) is 86.9 Å². The number of carbonyl (C=O) groups is 1. The van der Waals surface area contributed by atoms with Crippen molar-refractivity contribution >= 4 is 49.3 Å². The minimum absolute atomic E-state index is 0.0148. The summed E-state index contributed by atoms with van der Waals surface area (Å²) in [5, 5.41) is 0.147. The zero-order valence-electron chi connectivity index (χ0n) is 26.4. The van der Waals surface area contributed by atoms with Gasteiger partial charge in [0.2, 0.25) is 5.91 Å². The van der Waals surface area contributed by atoms with Crippen LogP contribution in [0, 0.1) is 5.82 Å². The lowest BCUT2D eigenvalue weighted by Gasteiger charge is -2.44. The second kappa shape index (κ2) is 11.8. The van der Waals surface area contributed by atoms with E-state index in [1.807, 2.05) is 18.7 Å². The van der Waals surface area contributed by atoms with Crippen LogP contribution in [-0.2, 0) is 11.0 Å². The van der Waals surface area contributed by atoms with E-state index in [9.17, 15) is 26.7 Å². The Morgan fingerprint density at radius 1 is 1.15 bits per heavy atom. The summed E-state index contributed by atoms with van der Waals surface area (Å²) in [5.41, 5.74) is 4.35. The molecular weight excluding hydrogens is 653 g/mol. The fraction of sp³-hybridized carbons (Fsp3) is 0.455. The van der Waals surface area contributed by atoms with Crippen molar-refractivity contribution < 1.29 is 31.5 Å². The number of hydrogen-bond donors (Lipinski definition) is 1. The van der Waals surface area contributed by atoms with Crippen LogP contribution >= 0.6 is 11.3 Å². The Kier molecular flexibility index (Phi) is 7.97. The SMILES string of the molecule is C=CC(=O)N1C[C@H](C)N(c2nc(OC[C@@]34CCCN3C[C@H](F)C4)nc3cc(-c4ccc(F)c5sc(N)nc45)c(C(F)(F)F)cc23)C[C@H]1C. The van der Waals surface area contributed by atoms with E-state index in [2.05, 4.69) is 21.4 Å². The van der Waals surface area contributed by atoms with Crippen molar-refractivity contribution in [2.45, 2.75) is 63.1 Å². The first-order valence-corrected chi connectivity index (χ1v) is 16.6. The largest absolute Gasteiger partial charge is 0.461 e. The van der Waals surface area contributed by atoms with Crippen LogP contribution in [-0.4, -0.2) is 87.2 Å². The Morgan fingerprint density at radius 3 is 2.69 bits per heavy atom. The number of benzene rings is 2. The van der Waals surface area contributed by atoms with Crippen molar-refractivity contribution in [1.82, 2.24) is 24.8 Å². The molecule has 4 atom stereocenters. The number of thiazole rings is 1. The van der Waals surface area contributed by atoms with Crippen LogP contribution in [0.5, 0.6) is 6.01 Å². The van der Waals surface area contributed by atoms with Gasteiger partial charge in [0.05, 0.1) is 26.8 Å². The van der Waals surface area contributed by atoms with Crippen LogP contribution in [0.25, 0.3) is 32.2 Å². The maximum atomic E-state index is 14.9. The summed E-state index contributed by atoms with van der Waals surface area (Å²) in [6, 6.07) is 3.96. The van der Waals surface area contributed by atoms with Gasteiger partial charge >= 0.3 is 12.2 Å². The maximum absolute atomic E-state index is 14.9. The molecule has 3 fully saturated rings. The normalized spacial score (nSPS) is 24.9. The van der Waals surface area contributed by atoms with Crippen LogP contribution in [0.2, 0.25) is 0 Å². The van der Waals surface area contributed by atoms with E-state index < -0.39 is 29.3 Å². The third kappa shape index (κ3) is 5.50. The van der Waals surface area contributed by atoms with E-state index in [0.717, 1.165) is 42.9 Å². The van der Waals surface area contributed by atoms with Crippen molar-refractivity contribution in [2.24, 2.45) is 0 Å². The molecule has 0 saturated carbocycles. The molecule has 2 aromatic heterocycles. The Morgan fingerprint density at radius 2 is 1.94 bits per heavy atom. The van der Waals surface area contributed by atoms with Crippen LogP contribution in [0.3, 0.4) is 0 Å². The molecule has 1 amide bonds. The molecule has 2 aromatic carbocycles. The van der Waals surface area contributed by atoms with Crippen molar-refractivity contribution in [3.8, 4) is 17.1 Å². The number of nitrogens with two attached hydrogens (primary N) is 1. The summed E-state index contributed by atoms with van der Waals surface area (Å²) >= 11 is 0.851. The minimum atomic E-state index is -4.82. The van der Waals surface area contributed by atoms with E-state index >= 15 is 0 Å². The molecule has 0 aliphatic carbocycles. The molecule has 3 aliphatic heterocycles. The number of nitrogen functional groups attached to an aromatic ring is 1. The number of anilines is 2. The second-order valence-electron chi connectivity index (χ2n) is 13.0. The molecular formula is C33H34F5N7O2S. The molecule has 5 heterocycles. The molecule has 0 spiro atoms. The van der Waals surface area contributed by atoms with E-state index in [1.165, 1.54) is 18.2 Å². The van der Waals surface area contributed by atoms with Gasteiger partial charge in [0.15, 0.2) is 5.13 Å². The molecule has 3 aliphatic rings. The summed E-state index contributed by atoms with van der Waals surface area (Å²) in [6.07, 6.45) is -2.59. The maximum Gasteiger partial charge on any atom is 0.417 e. The van der Waals surface area contributed by atoms with Crippen molar-refractivity contribution in [1.29, 1.82) is 0 Å².